The highest BCUT2D eigenvalue weighted by Crippen LogP contribution is 2.40. The van der Waals surface area contributed by atoms with E-state index in [1.807, 2.05) is 0 Å². The smallest absolute Gasteiger partial charge is 0.343 e. The van der Waals surface area contributed by atoms with Crippen LogP contribution in [0.5, 0.6) is 23.0 Å². The largest absolute Gasteiger partial charge is 0.494 e. The molecule has 0 amide bonds. The number of ether oxygens (including phenoxy) is 4. The lowest BCUT2D eigenvalue weighted by Gasteiger charge is -2.20. The van der Waals surface area contributed by atoms with E-state index >= 15 is 8.78 Å². The summed E-state index contributed by atoms with van der Waals surface area (Å²) < 4.78 is 54.5. The number of aryl methyl sites for hydroxylation is 2. The van der Waals surface area contributed by atoms with E-state index < -0.39 is 23.6 Å². The van der Waals surface area contributed by atoms with Crippen molar-refractivity contribution in [2.24, 2.45) is 0 Å². The van der Waals surface area contributed by atoms with E-state index in [0.717, 1.165) is 25.7 Å². The van der Waals surface area contributed by atoms with E-state index in [1.165, 1.54) is 76.3 Å². The quantitative estimate of drug-likeness (QED) is 0.0425. The molecule has 56 heavy (non-hydrogen) atoms. The van der Waals surface area contributed by atoms with Gasteiger partial charge in [0, 0.05) is 0 Å². The minimum Gasteiger partial charge on any atom is -0.494 e. The van der Waals surface area contributed by atoms with Crippen LogP contribution in [-0.2, 0) is 0 Å². The Morgan fingerprint density at radius 1 is 0.482 bits per heavy atom. The summed E-state index contributed by atoms with van der Waals surface area (Å²) in [6, 6.07) is 16.1. The van der Waals surface area contributed by atoms with Gasteiger partial charge in [0.1, 0.15) is 11.5 Å². The number of benzene rings is 4. The molecule has 0 heterocycles. The van der Waals surface area contributed by atoms with E-state index in [-0.39, 0.29) is 33.8 Å². The van der Waals surface area contributed by atoms with Crippen molar-refractivity contribution in [3.8, 4) is 34.1 Å². The van der Waals surface area contributed by atoms with Gasteiger partial charge in [-0.15, -0.1) is 0 Å². The lowest BCUT2D eigenvalue weighted by molar-refractivity contribution is 0.0718. The first kappa shape index (κ1) is 44.0. The van der Waals surface area contributed by atoms with E-state index in [9.17, 15) is 9.59 Å². The van der Waals surface area contributed by atoms with E-state index in [2.05, 4.69) is 13.8 Å². The maximum absolute atomic E-state index is 15.9. The second-order valence-corrected chi connectivity index (χ2v) is 14.8. The SMILES string of the molecule is CCCCCCCCCOc1ccc(C(=O)Oc2cc(C)c(-c3c(C)cc(OC(=O)c4ccc(OCCCCCCCCC)cc4)c(F)c3C)c(C)c2F)cc1. The van der Waals surface area contributed by atoms with Gasteiger partial charge >= 0.3 is 11.9 Å². The molecule has 302 valence electrons. The molecule has 0 aliphatic rings. The molecule has 0 saturated heterocycles. The molecular weight excluding hydrogens is 711 g/mol. The summed E-state index contributed by atoms with van der Waals surface area (Å²) in [5.74, 6) is -1.99. The van der Waals surface area contributed by atoms with Gasteiger partial charge in [-0.3, -0.25) is 0 Å². The van der Waals surface area contributed by atoms with Crippen molar-refractivity contribution in [1.29, 1.82) is 0 Å². The summed E-state index contributed by atoms with van der Waals surface area (Å²) in [6.07, 6.45) is 16.7. The van der Waals surface area contributed by atoms with Gasteiger partial charge in [0.15, 0.2) is 23.1 Å². The number of rotatable bonds is 23. The van der Waals surface area contributed by atoms with Gasteiger partial charge in [0.25, 0.3) is 0 Å². The molecule has 8 heteroatoms. The highest BCUT2D eigenvalue weighted by atomic mass is 19.1. The summed E-state index contributed by atoms with van der Waals surface area (Å²) in [5.41, 5.74) is 3.05. The Balaban J connectivity index is 1.36. The van der Waals surface area contributed by atoms with Gasteiger partial charge in [0.2, 0.25) is 0 Å². The van der Waals surface area contributed by atoms with Crippen molar-refractivity contribution in [2.75, 3.05) is 13.2 Å². The molecule has 0 radical (unpaired) electrons. The molecule has 4 aromatic carbocycles. The molecule has 0 saturated carbocycles. The number of carbonyl (C=O) groups is 2. The monoisotopic (exact) mass is 770 g/mol. The average molecular weight is 771 g/mol. The first-order valence-electron chi connectivity index (χ1n) is 20.5. The van der Waals surface area contributed by atoms with Crippen LogP contribution in [0.25, 0.3) is 11.1 Å². The van der Waals surface area contributed by atoms with Crippen LogP contribution in [0.3, 0.4) is 0 Å². The zero-order valence-corrected chi connectivity index (χ0v) is 34.3. The normalized spacial score (nSPS) is 11.1. The lowest BCUT2D eigenvalue weighted by Crippen LogP contribution is -2.12. The number of hydrogen-bond donors (Lipinski definition) is 0. The minimum absolute atomic E-state index is 0.200. The standard InChI is InChI=1S/C48H60F2O6/c1-7-9-11-13-15-17-19-29-53-39-25-21-37(22-26-39)47(51)55-41-31-33(3)43(35(5)45(41)49)44-34(4)32-42(46(50)36(44)6)56-48(52)38-23-27-40(28-24-38)54-30-20-18-16-14-12-10-8-2/h21-28,31-32H,7-20,29-30H2,1-6H3. The highest BCUT2D eigenvalue weighted by molar-refractivity contribution is 5.92. The molecule has 0 N–H and O–H groups in total. The topological polar surface area (TPSA) is 71.1 Å². The van der Waals surface area contributed by atoms with Crippen LogP contribution in [0.15, 0.2) is 60.7 Å². The number of halogens is 2. The molecule has 0 fully saturated rings. The molecule has 4 rings (SSSR count). The summed E-state index contributed by atoms with van der Waals surface area (Å²) in [7, 11) is 0. The van der Waals surface area contributed by atoms with E-state index in [4.69, 9.17) is 18.9 Å². The van der Waals surface area contributed by atoms with Gasteiger partial charge in [-0.25, -0.2) is 18.4 Å². The van der Waals surface area contributed by atoms with Crippen LogP contribution >= 0.6 is 0 Å². The van der Waals surface area contributed by atoms with Crippen LogP contribution < -0.4 is 18.9 Å². The fraction of sp³-hybridized carbons (Fsp3) is 0.458. The van der Waals surface area contributed by atoms with Crippen molar-refractivity contribution < 1.29 is 37.3 Å². The first-order valence-corrected chi connectivity index (χ1v) is 20.5. The van der Waals surface area contributed by atoms with Crippen LogP contribution in [0, 0.1) is 39.3 Å². The summed E-state index contributed by atoms with van der Waals surface area (Å²) in [6.45, 7) is 12.3. The Bertz CT molecular complexity index is 1730. The predicted octanol–water partition coefficient (Wildman–Crippen LogP) is 13.6. The molecule has 6 nitrogen and oxygen atoms in total. The molecule has 0 unspecified atom stereocenters. The second-order valence-electron chi connectivity index (χ2n) is 14.8. The highest BCUT2D eigenvalue weighted by Gasteiger charge is 2.24. The van der Waals surface area contributed by atoms with Crippen molar-refractivity contribution in [3.05, 3.63) is 106 Å². The molecular formula is C48H60F2O6. The van der Waals surface area contributed by atoms with Gasteiger partial charge in [-0.1, -0.05) is 90.9 Å². The summed E-state index contributed by atoms with van der Waals surface area (Å²) in [5, 5.41) is 0. The fourth-order valence-corrected chi connectivity index (χ4v) is 6.95. The zero-order chi connectivity index (χ0) is 40.5. The van der Waals surface area contributed by atoms with Crippen molar-refractivity contribution in [3.63, 3.8) is 0 Å². The average Bonchev–Trinajstić information content (AvgIpc) is 3.19. The summed E-state index contributed by atoms with van der Waals surface area (Å²) in [4.78, 5) is 26.1. The Morgan fingerprint density at radius 2 is 0.804 bits per heavy atom. The number of carbonyl (C=O) groups excluding carboxylic acids is 2. The molecule has 0 spiro atoms. The van der Waals surface area contributed by atoms with Gasteiger partial charge < -0.3 is 18.9 Å². The van der Waals surface area contributed by atoms with Gasteiger partial charge in [-0.05, 0) is 135 Å². The molecule has 0 aliphatic carbocycles. The number of unbranched alkanes of at least 4 members (excludes halogenated alkanes) is 12. The predicted molar refractivity (Wildman–Crippen MR) is 221 cm³/mol. The Morgan fingerprint density at radius 3 is 1.14 bits per heavy atom. The van der Waals surface area contributed by atoms with Gasteiger partial charge in [-0.2, -0.15) is 0 Å². The van der Waals surface area contributed by atoms with E-state index in [1.54, 1.807) is 76.2 Å². The Kier molecular flexibility index (Phi) is 17.9. The van der Waals surface area contributed by atoms with Gasteiger partial charge in [0.05, 0.1) is 24.3 Å². The molecule has 0 aliphatic heterocycles. The Hall–Kier alpha value is -4.72. The maximum Gasteiger partial charge on any atom is 0.343 e. The fourth-order valence-electron chi connectivity index (χ4n) is 6.95. The van der Waals surface area contributed by atoms with Crippen LogP contribution in [0.2, 0.25) is 0 Å². The third-order valence-electron chi connectivity index (χ3n) is 10.2. The molecule has 4 aromatic rings. The summed E-state index contributed by atoms with van der Waals surface area (Å²) >= 11 is 0. The number of hydrogen-bond acceptors (Lipinski definition) is 6. The minimum atomic E-state index is -0.724. The van der Waals surface area contributed by atoms with Crippen LogP contribution in [0.4, 0.5) is 8.78 Å². The van der Waals surface area contributed by atoms with Crippen LogP contribution in [-0.4, -0.2) is 25.2 Å². The third kappa shape index (κ3) is 12.7. The first-order chi connectivity index (χ1) is 27.0. The molecule has 0 atom stereocenters. The Labute approximate surface area is 332 Å². The number of esters is 2. The third-order valence-corrected chi connectivity index (χ3v) is 10.2. The van der Waals surface area contributed by atoms with E-state index in [0.29, 0.717) is 47.0 Å². The second kappa shape index (κ2) is 22.7. The van der Waals surface area contributed by atoms with Crippen molar-refractivity contribution >= 4 is 11.9 Å². The maximum atomic E-state index is 15.9. The zero-order valence-electron chi connectivity index (χ0n) is 34.3. The lowest BCUT2D eigenvalue weighted by atomic mass is 9.88. The molecule has 0 aromatic heterocycles. The van der Waals surface area contributed by atoms with Crippen molar-refractivity contribution in [1.82, 2.24) is 0 Å². The van der Waals surface area contributed by atoms with Crippen LogP contribution in [0.1, 0.15) is 147 Å². The van der Waals surface area contributed by atoms with Crippen molar-refractivity contribution in [2.45, 2.75) is 131 Å². The molecule has 0 bridgehead atoms.